The van der Waals surface area contributed by atoms with Gasteiger partial charge in [0, 0.05) is 5.69 Å². The maximum atomic E-state index is 12.1. The number of amides is 1. The molecule has 0 aliphatic heterocycles. The molecule has 1 aromatic heterocycles. The first-order valence-electron chi connectivity index (χ1n) is 9.07. The Morgan fingerprint density at radius 3 is 2.64 bits per heavy atom. The Hall–Kier alpha value is -2.80. The van der Waals surface area contributed by atoms with Crippen LogP contribution < -0.4 is 10.1 Å². The van der Waals surface area contributed by atoms with Crippen LogP contribution in [0, 0.1) is 13.8 Å². The predicted octanol–water partition coefficient (Wildman–Crippen LogP) is 4.56. The van der Waals surface area contributed by atoms with Crippen LogP contribution in [-0.2, 0) is 17.8 Å². The lowest BCUT2D eigenvalue weighted by Gasteiger charge is -2.08. The third-order valence-corrected chi connectivity index (χ3v) is 4.94. The Morgan fingerprint density at radius 1 is 1.14 bits per heavy atom. The van der Waals surface area contributed by atoms with Crippen molar-refractivity contribution in [2.45, 2.75) is 39.0 Å². The van der Waals surface area contributed by atoms with Crippen LogP contribution in [0.1, 0.15) is 29.5 Å². The number of nitrogens with one attached hydrogen (secondary N) is 1. The van der Waals surface area contributed by atoms with Crippen LogP contribution in [0.15, 0.2) is 52.1 Å². The van der Waals surface area contributed by atoms with Crippen LogP contribution in [0.3, 0.4) is 0 Å². The van der Waals surface area contributed by atoms with Gasteiger partial charge in [0.2, 0.25) is 5.91 Å². The maximum absolute atomic E-state index is 12.1. The lowest BCUT2D eigenvalue weighted by Crippen LogP contribution is -2.14. The third kappa shape index (κ3) is 5.60. The summed E-state index contributed by atoms with van der Waals surface area (Å²) in [6.07, 6.45) is 0.988. The van der Waals surface area contributed by atoms with Crippen LogP contribution in [0.25, 0.3) is 0 Å². The lowest BCUT2D eigenvalue weighted by molar-refractivity contribution is -0.113. The van der Waals surface area contributed by atoms with Crippen molar-refractivity contribution < 1.29 is 13.9 Å². The average Bonchev–Trinajstić information content (AvgIpc) is 3.15. The second-order valence-corrected chi connectivity index (χ2v) is 7.33. The van der Waals surface area contributed by atoms with E-state index in [4.69, 9.17) is 9.15 Å². The second-order valence-electron chi connectivity index (χ2n) is 6.40. The number of carbonyl (C=O) groups is 1. The molecule has 7 heteroatoms. The molecule has 0 spiro atoms. The summed E-state index contributed by atoms with van der Waals surface area (Å²) in [5.41, 5.74) is 4.25. The number of aryl methyl sites for hydroxylation is 3. The molecule has 146 valence electrons. The van der Waals surface area contributed by atoms with Crippen molar-refractivity contribution in [3.05, 3.63) is 65.0 Å². The Kier molecular flexibility index (Phi) is 6.71. The molecule has 1 N–H and O–H groups in total. The van der Waals surface area contributed by atoms with Gasteiger partial charge in [-0.2, -0.15) is 0 Å². The van der Waals surface area contributed by atoms with Gasteiger partial charge >= 0.3 is 0 Å². The highest BCUT2D eigenvalue weighted by atomic mass is 32.2. The van der Waals surface area contributed by atoms with Gasteiger partial charge in [0.1, 0.15) is 5.75 Å². The summed E-state index contributed by atoms with van der Waals surface area (Å²) in [6.45, 7) is 6.28. The molecule has 3 rings (SSSR count). The van der Waals surface area contributed by atoms with Gasteiger partial charge in [-0.05, 0) is 49.6 Å². The fourth-order valence-corrected chi connectivity index (χ4v) is 3.17. The summed E-state index contributed by atoms with van der Waals surface area (Å²) in [5, 5.41) is 11.1. The smallest absolute Gasteiger partial charge is 0.277 e. The maximum Gasteiger partial charge on any atom is 0.277 e. The van der Waals surface area contributed by atoms with E-state index in [1.807, 2.05) is 56.3 Å². The number of thioether (sulfide) groups is 1. The summed E-state index contributed by atoms with van der Waals surface area (Å²) in [6, 6.07) is 13.8. The van der Waals surface area contributed by atoms with E-state index in [0.29, 0.717) is 11.1 Å². The molecule has 28 heavy (non-hydrogen) atoms. The predicted molar refractivity (Wildman–Crippen MR) is 110 cm³/mol. The highest BCUT2D eigenvalue weighted by Gasteiger charge is 2.11. The molecule has 0 bridgehead atoms. The van der Waals surface area contributed by atoms with E-state index in [2.05, 4.69) is 22.4 Å². The number of aromatic nitrogens is 2. The van der Waals surface area contributed by atoms with Crippen LogP contribution >= 0.6 is 11.8 Å². The van der Waals surface area contributed by atoms with Crippen molar-refractivity contribution >= 4 is 23.4 Å². The number of hydrogen-bond donors (Lipinski definition) is 1. The number of rotatable bonds is 8. The minimum absolute atomic E-state index is 0.121. The number of carbonyl (C=O) groups excluding carboxylic acids is 1. The molecule has 3 aromatic rings. The first-order chi connectivity index (χ1) is 13.5. The summed E-state index contributed by atoms with van der Waals surface area (Å²) in [7, 11) is 0. The largest absolute Gasteiger partial charge is 0.484 e. The van der Waals surface area contributed by atoms with Crippen LogP contribution in [0.2, 0.25) is 0 Å². The lowest BCUT2D eigenvalue weighted by atomic mass is 10.1. The zero-order valence-electron chi connectivity index (χ0n) is 16.2. The van der Waals surface area contributed by atoms with Gasteiger partial charge in [0.25, 0.3) is 11.1 Å². The Balaban J connectivity index is 1.46. The molecule has 0 fully saturated rings. The highest BCUT2D eigenvalue weighted by molar-refractivity contribution is 7.99. The van der Waals surface area contributed by atoms with Gasteiger partial charge in [-0.15, -0.1) is 10.2 Å². The van der Waals surface area contributed by atoms with Crippen LogP contribution in [0.4, 0.5) is 5.69 Å². The van der Waals surface area contributed by atoms with Gasteiger partial charge in [0.05, 0.1) is 5.75 Å². The van der Waals surface area contributed by atoms with Crippen molar-refractivity contribution in [1.29, 1.82) is 0 Å². The van der Waals surface area contributed by atoms with Crippen LogP contribution in [0.5, 0.6) is 5.75 Å². The van der Waals surface area contributed by atoms with Crippen molar-refractivity contribution in [3.63, 3.8) is 0 Å². The number of ether oxygens (including phenoxy) is 1. The minimum Gasteiger partial charge on any atom is -0.484 e. The minimum atomic E-state index is -0.121. The molecule has 2 aromatic carbocycles. The molecular weight excluding hydrogens is 374 g/mol. The quantitative estimate of drug-likeness (QED) is 0.562. The number of anilines is 1. The molecule has 0 radical (unpaired) electrons. The monoisotopic (exact) mass is 397 g/mol. The van der Waals surface area contributed by atoms with Crippen molar-refractivity contribution in [1.82, 2.24) is 10.2 Å². The summed E-state index contributed by atoms with van der Waals surface area (Å²) in [5.74, 6) is 1.19. The zero-order valence-corrected chi connectivity index (χ0v) is 17.0. The van der Waals surface area contributed by atoms with E-state index in [9.17, 15) is 4.79 Å². The molecule has 0 aliphatic rings. The van der Waals surface area contributed by atoms with Crippen molar-refractivity contribution in [2.75, 3.05) is 11.1 Å². The first-order valence-corrected chi connectivity index (χ1v) is 10.1. The van der Waals surface area contributed by atoms with E-state index >= 15 is 0 Å². The highest BCUT2D eigenvalue weighted by Crippen LogP contribution is 2.20. The normalized spacial score (nSPS) is 10.7. The Bertz CT molecular complexity index is 938. The molecule has 0 unspecified atom stereocenters. The SMILES string of the molecule is CCc1ccc(OCc2nnc(SCC(=O)Nc3ccc(C)cc3C)o2)cc1. The Labute approximate surface area is 168 Å². The molecule has 1 amide bonds. The fraction of sp³-hybridized carbons (Fsp3) is 0.286. The molecule has 0 atom stereocenters. The van der Waals surface area contributed by atoms with Gasteiger partial charge in [-0.25, -0.2) is 0 Å². The van der Waals surface area contributed by atoms with Gasteiger partial charge in [-0.1, -0.05) is 48.5 Å². The number of nitrogens with zero attached hydrogens (tertiary/aromatic N) is 2. The molecule has 0 saturated carbocycles. The standard InChI is InChI=1S/C21H23N3O3S/c1-4-16-6-8-17(9-7-16)26-12-20-23-24-21(27-20)28-13-19(25)22-18-10-5-14(2)11-15(18)3/h5-11H,4,12-13H2,1-3H3,(H,22,25). The van der Waals surface area contributed by atoms with Gasteiger partial charge in [-0.3, -0.25) is 4.79 Å². The molecule has 1 heterocycles. The van der Waals surface area contributed by atoms with Gasteiger partial charge in [0.15, 0.2) is 6.61 Å². The average molecular weight is 398 g/mol. The summed E-state index contributed by atoms with van der Waals surface area (Å²) in [4.78, 5) is 12.1. The topological polar surface area (TPSA) is 77.2 Å². The fourth-order valence-electron chi connectivity index (χ4n) is 2.59. The number of benzene rings is 2. The van der Waals surface area contributed by atoms with E-state index in [1.54, 1.807) is 0 Å². The van der Waals surface area contributed by atoms with Gasteiger partial charge < -0.3 is 14.5 Å². The van der Waals surface area contributed by atoms with E-state index in [0.717, 1.165) is 29.0 Å². The van der Waals surface area contributed by atoms with E-state index < -0.39 is 0 Å². The van der Waals surface area contributed by atoms with Crippen molar-refractivity contribution in [2.24, 2.45) is 0 Å². The molecule has 0 saturated heterocycles. The second kappa shape index (κ2) is 9.41. The zero-order chi connectivity index (χ0) is 19.9. The van der Waals surface area contributed by atoms with E-state index in [-0.39, 0.29) is 18.3 Å². The van der Waals surface area contributed by atoms with Crippen LogP contribution in [-0.4, -0.2) is 21.9 Å². The molecule has 0 aliphatic carbocycles. The summed E-state index contributed by atoms with van der Waals surface area (Å²) >= 11 is 1.20. The molecule has 6 nitrogen and oxygen atoms in total. The van der Waals surface area contributed by atoms with E-state index in [1.165, 1.54) is 17.3 Å². The van der Waals surface area contributed by atoms with Crippen molar-refractivity contribution in [3.8, 4) is 5.75 Å². The number of hydrogen-bond acceptors (Lipinski definition) is 6. The summed E-state index contributed by atoms with van der Waals surface area (Å²) < 4.78 is 11.2. The molecular formula is C21H23N3O3S. The third-order valence-electron chi connectivity index (χ3n) is 4.12. The Morgan fingerprint density at radius 2 is 1.93 bits per heavy atom. The first kappa shape index (κ1) is 19.9.